The zero-order valence-electron chi connectivity index (χ0n) is 4.20. The van der Waals surface area contributed by atoms with Crippen molar-refractivity contribution in [2.45, 2.75) is 6.42 Å². The minimum absolute atomic E-state index is 0.463. The van der Waals surface area contributed by atoms with Crippen LogP contribution in [0.2, 0.25) is 0 Å². The monoisotopic (exact) mass is 127 g/mol. The summed E-state index contributed by atoms with van der Waals surface area (Å²) < 4.78 is 10.0. The lowest BCUT2D eigenvalue weighted by molar-refractivity contribution is 0.700. The largest absolute Gasteiger partial charge is 0.247 e. The first-order chi connectivity index (χ1) is 3.93. The van der Waals surface area contributed by atoms with E-state index in [-0.39, 0.29) is 0 Å². The Labute approximate surface area is 51.0 Å². The fourth-order valence-electron chi connectivity index (χ4n) is 0.464. The maximum atomic E-state index is 10.0. The van der Waals surface area contributed by atoms with E-state index >= 15 is 0 Å². The van der Waals surface area contributed by atoms with Crippen molar-refractivity contribution in [1.82, 2.24) is 0 Å². The summed E-state index contributed by atoms with van der Waals surface area (Å²) in [5, 5.41) is 0. The number of dihydropyridines is 1. The zero-order chi connectivity index (χ0) is 5.82. The maximum absolute atomic E-state index is 10.0. The Morgan fingerprint density at radius 3 is 3.00 bits per heavy atom. The van der Waals surface area contributed by atoms with E-state index in [9.17, 15) is 4.21 Å². The average molecular weight is 127 g/mol. The molecule has 0 amide bonds. The smallest absolute Gasteiger partial charge is 0.137 e. The number of hydrogen-bond acceptors (Lipinski definition) is 1. The van der Waals surface area contributed by atoms with Gasteiger partial charge in [-0.3, -0.25) is 0 Å². The quantitative estimate of drug-likeness (QED) is 0.432. The summed E-state index contributed by atoms with van der Waals surface area (Å²) in [6.45, 7) is 0. The average Bonchev–Trinajstić information content (AvgIpc) is 1.90. The van der Waals surface area contributed by atoms with Crippen LogP contribution in [0.25, 0.3) is 0 Å². The molecular weight excluding hydrogens is 122 g/mol. The molecule has 0 aromatic heterocycles. The molecule has 0 N–H and O–H groups in total. The van der Waals surface area contributed by atoms with E-state index in [0.717, 1.165) is 0 Å². The Morgan fingerprint density at radius 2 is 2.62 bits per heavy atom. The Bertz CT molecular complexity index is 189. The van der Waals surface area contributed by atoms with Gasteiger partial charge in [0, 0.05) is 12.6 Å². The number of aliphatic imine (C=N–C) groups is 1. The highest BCUT2D eigenvalue weighted by molar-refractivity contribution is 7.66. The molecule has 1 aliphatic rings. The second-order valence-electron chi connectivity index (χ2n) is 1.39. The molecule has 1 heterocycles. The van der Waals surface area contributed by atoms with E-state index < -0.39 is 0 Å². The molecule has 0 aromatic rings. The topological polar surface area (TPSA) is 29.4 Å². The van der Waals surface area contributed by atoms with E-state index in [1.165, 1.54) is 0 Å². The van der Waals surface area contributed by atoms with Crippen LogP contribution in [-0.4, -0.2) is 15.4 Å². The highest BCUT2D eigenvalue weighted by Crippen LogP contribution is 1.91. The maximum Gasteiger partial charge on any atom is 0.137 e. The molecule has 2 nitrogen and oxygen atoms in total. The summed E-state index contributed by atoms with van der Waals surface area (Å²) in [5.41, 5.74) is 0. The van der Waals surface area contributed by atoms with Crippen LogP contribution in [0, 0.1) is 0 Å². The molecule has 1 rings (SSSR count). The summed E-state index contributed by atoms with van der Waals surface area (Å²) >= 11 is 0.463. The lowest BCUT2D eigenvalue weighted by Gasteiger charge is -1.91. The predicted molar refractivity (Wildman–Crippen MR) is 35.4 cm³/mol. The van der Waals surface area contributed by atoms with Gasteiger partial charge in [-0.05, 0) is 6.08 Å². The summed E-state index contributed by atoms with van der Waals surface area (Å²) in [6.07, 6.45) is 6.07. The molecule has 3 heteroatoms. The summed E-state index contributed by atoms with van der Waals surface area (Å²) in [7, 11) is 0. The summed E-state index contributed by atoms with van der Waals surface area (Å²) in [4.78, 5) is 4.45. The van der Waals surface area contributed by atoms with Gasteiger partial charge in [-0.1, -0.05) is 6.08 Å². The van der Waals surface area contributed by atoms with Gasteiger partial charge in [0.05, 0.1) is 0 Å². The van der Waals surface area contributed by atoms with Crippen LogP contribution in [0.3, 0.4) is 0 Å². The minimum Gasteiger partial charge on any atom is -0.247 e. The van der Waals surface area contributed by atoms with Crippen LogP contribution in [-0.2, 0) is 11.3 Å². The van der Waals surface area contributed by atoms with Crippen molar-refractivity contribution in [1.29, 1.82) is 0 Å². The molecule has 0 aliphatic carbocycles. The molecule has 8 heavy (non-hydrogen) atoms. The highest BCUT2D eigenvalue weighted by Gasteiger charge is 1.91. The van der Waals surface area contributed by atoms with Gasteiger partial charge in [0.15, 0.2) is 0 Å². The third kappa shape index (κ3) is 1.13. The van der Waals surface area contributed by atoms with Gasteiger partial charge in [0.1, 0.15) is 16.2 Å². The van der Waals surface area contributed by atoms with Crippen LogP contribution < -0.4 is 0 Å². The normalized spacial score (nSPS) is 16.8. The Balaban J connectivity index is 2.80. The molecular formula is C5H5NOS. The van der Waals surface area contributed by atoms with Gasteiger partial charge < -0.3 is 0 Å². The van der Waals surface area contributed by atoms with Crippen molar-refractivity contribution in [3.63, 3.8) is 0 Å². The molecule has 0 unspecified atom stereocenters. The van der Waals surface area contributed by atoms with Crippen molar-refractivity contribution in [3.05, 3.63) is 12.2 Å². The van der Waals surface area contributed by atoms with Gasteiger partial charge in [0.25, 0.3) is 0 Å². The van der Waals surface area contributed by atoms with Gasteiger partial charge in [-0.25, -0.2) is 9.20 Å². The SMILES string of the molecule is O=S=C1CC=CC=N1. The van der Waals surface area contributed by atoms with E-state index in [1.54, 1.807) is 6.21 Å². The lowest BCUT2D eigenvalue weighted by Crippen LogP contribution is -1.94. The predicted octanol–water partition coefficient (Wildman–Crippen LogP) is 0.360. The Kier molecular flexibility index (Phi) is 1.75. The van der Waals surface area contributed by atoms with Crippen molar-refractivity contribution < 1.29 is 4.21 Å². The van der Waals surface area contributed by atoms with Crippen LogP contribution in [0.1, 0.15) is 6.42 Å². The third-order valence-electron chi connectivity index (χ3n) is 0.829. The van der Waals surface area contributed by atoms with Gasteiger partial charge >= 0.3 is 0 Å². The van der Waals surface area contributed by atoms with Gasteiger partial charge in [0.2, 0.25) is 0 Å². The Morgan fingerprint density at radius 1 is 1.75 bits per heavy atom. The third-order valence-corrected chi connectivity index (χ3v) is 1.29. The van der Waals surface area contributed by atoms with Crippen molar-refractivity contribution in [2.24, 2.45) is 4.99 Å². The molecule has 42 valence electrons. The first kappa shape index (κ1) is 5.44. The molecule has 0 atom stereocenters. The molecule has 0 fully saturated rings. The van der Waals surface area contributed by atoms with E-state index in [4.69, 9.17) is 0 Å². The number of rotatable bonds is 0. The van der Waals surface area contributed by atoms with Crippen molar-refractivity contribution >= 4 is 22.5 Å². The molecule has 0 aromatic carbocycles. The lowest BCUT2D eigenvalue weighted by atomic mass is 10.3. The van der Waals surface area contributed by atoms with Crippen molar-refractivity contribution in [2.75, 3.05) is 0 Å². The molecule has 0 saturated carbocycles. The van der Waals surface area contributed by atoms with Crippen LogP contribution in [0.4, 0.5) is 0 Å². The second kappa shape index (κ2) is 2.57. The summed E-state index contributed by atoms with van der Waals surface area (Å²) in [6, 6.07) is 0. The number of hydrogen-bond donors (Lipinski definition) is 0. The molecule has 0 radical (unpaired) electrons. The van der Waals surface area contributed by atoms with Crippen LogP contribution in [0.5, 0.6) is 0 Å². The van der Waals surface area contributed by atoms with Crippen LogP contribution >= 0.6 is 0 Å². The van der Waals surface area contributed by atoms with Crippen LogP contribution in [0.15, 0.2) is 17.1 Å². The molecule has 0 bridgehead atoms. The van der Waals surface area contributed by atoms with Crippen molar-refractivity contribution in [3.8, 4) is 0 Å². The van der Waals surface area contributed by atoms with E-state index in [1.807, 2.05) is 12.2 Å². The first-order valence-electron chi connectivity index (χ1n) is 2.28. The Hall–Kier alpha value is -0.700. The second-order valence-corrected chi connectivity index (χ2v) is 2.03. The van der Waals surface area contributed by atoms with Gasteiger partial charge in [-0.2, -0.15) is 0 Å². The van der Waals surface area contributed by atoms with E-state index in [0.29, 0.717) is 22.7 Å². The zero-order valence-corrected chi connectivity index (χ0v) is 5.02. The highest BCUT2D eigenvalue weighted by atomic mass is 32.1. The first-order valence-corrected chi connectivity index (χ1v) is 3.02. The molecule has 1 aliphatic heterocycles. The number of allylic oxidation sites excluding steroid dienone is 1. The van der Waals surface area contributed by atoms with E-state index in [2.05, 4.69) is 4.99 Å². The fourth-order valence-corrected chi connectivity index (χ4v) is 0.732. The fraction of sp³-hybridized carbons (Fsp3) is 0.200. The van der Waals surface area contributed by atoms with Gasteiger partial charge in [-0.15, -0.1) is 0 Å². The summed E-state index contributed by atoms with van der Waals surface area (Å²) in [5.74, 6) is 0. The molecule has 0 spiro atoms. The standard InChI is InChI=1S/C5H5NOS/c7-8-5-3-1-2-4-6-5/h1-2,4H,3H2. The minimum atomic E-state index is 0.463. The number of nitrogens with zero attached hydrogens (tertiary/aromatic N) is 1. The molecule has 0 saturated heterocycles.